The zero-order chi connectivity index (χ0) is 7.28. The molecule has 0 fully saturated rings. The molecule has 3 heteroatoms. The quantitative estimate of drug-likeness (QED) is 0.619. The Bertz CT molecular complexity index is 91.6. The van der Waals surface area contributed by atoms with Crippen LogP contribution in [0.5, 0.6) is 0 Å². The number of hydrogen-bond acceptors (Lipinski definition) is 3. The van der Waals surface area contributed by atoms with Crippen molar-refractivity contribution in [3.8, 4) is 0 Å². The lowest BCUT2D eigenvalue weighted by atomic mass is 10.2. The van der Waals surface area contributed by atoms with E-state index >= 15 is 0 Å². The van der Waals surface area contributed by atoms with Gasteiger partial charge >= 0.3 is 5.97 Å². The molecule has 3 N–H and O–H groups in total. The summed E-state index contributed by atoms with van der Waals surface area (Å²) in [6.07, 6.45) is 0.901. The van der Waals surface area contributed by atoms with Gasteiger partial charge in [-0.2, -0.15) is 0 Å². The van der Waals surface area contributed by atoms with Gasteiger partial charge in [0.25, 0.3) is 0 Å². The Labute approximate surface area is 62.3 Å². The molecule has 0 atom stereocenters. The van der Waals surface area contributed by atoms with E-state index in [-0.39, 0.29) is 18.0 Å². The van der Waals surface area contributed by atoms with Crippen LogP contribution < -0.4 is 6.15 Å². The molecule has 0 aromatic heterocycles. The van der Waals surface area contributed by atoms with E-state index in [1.165, 1.54) is 0 Å². The van der Waals surface area contributed by atoms with E-state index < -0.39 is 0 Å². The summed E-state index contributed by atoms with van der Waals surface area (Å²) in [6.45, 7) is 6.20. The molecule has 0 spiro atoms. The van der Waals surface area contributed by atoms with Gasteiger partial charge in [-0.1, -0.05) is 20.8 Å². The van der Waals surface area contributed by atoms with Gasteiger partial charge in [-0.15, -0.1) is 0 Å². The van der Waals surface area contributed by atoms with Crippen molar-refractivity contribution in [2.75, 3.05) is 6.61 Å². The summed E-state index contributed by atoms with van der Waals surface area (Å²) in [7, 11) is 0. The molecule has 0 aliphatic rings. The van der Waals surface area contributed by atoms with Crippen molar-refractivity contribution in [3.63, 3.8) is 0 Å². The first kappa shape index (κ1) is 12.1. The summed E-state index contributed by atoms with van der Waals surface area (Å²) in [5.41, 5.74) is 0. The maximum Gasteiger partial charge on any atom is 0.308 e. The largest absolute Gasteiger partial charge is 0.465 e. The molecule has 62 valence electrons. The van der Waals surface area contributed by atoms with Gasteiger partial charge in [0.2, 0.25) is 0 Å². The van der Waals surface area contributed by atoms with Gasteiger partial charge in [0.15, 0.2) is 0 Å². The molecule has 0 aromatic carbocycles. The van der Waals surface area contributed by atoms with E-state index in [0.717, 1.165) is 6.42 Å². The second-order valence-electron chi connectivity index (χ2n) is 2.32. The maximum absolute atomic E-state index is 10.7. The molecule has 0 aliphatic heterocycles. The highest BCUT2D eigenvalue weighted by atomic mass is 16.5. The summed E-state index contributed by atoms with van der Waals surface area (Å²) >= 11 is 0. The summed E-state index contributed by atoms with van der Waals surface area (Å²) in [6, 6.07) is 0. The standard InChI is InChI=1S/C7H14O2.H3N/c1-4-5-9-7(8)6(2)3;/h6H,4-5H2,1-3H3;1H3. The van der Waals surface area contributed by atoms with Crippen molar-refractivity contribution in [3.05, 3.63) is 0 Å². The Morgan fingerprint density at radius 3 is 2.30 bits per heavy atom. The van der Waals surface area contributed by atoms with E-state index in [0.29, 0.717) is 6.61 Å². The molecule has 0 heterocycles. The number of carbonyl (C=O) groups excluding carboxylic acids is 1. The molecule has 0 aromatic rings. The lowest BCUT2D eigenvalue weighted by Gasteiger charge is -2.03. The van der Waals surface area contributed by atoms with Crippen molar-refractivity contribution in [1.29, 1.82) is 0 Å². The summed E-state index contributed by atoms with van der Waals surface area (Å²) in [5, 5.41) is 0. The van der Waals surface area contributed by atoms with Crippen LogP contribution in [0, 0.1) is 5.92 Å². The third kappa shape index (κ3) is 5.56. The zero-order valence-corrected chi connectivity index (χ0v) is 7.02. The molecule has 0 saturated carbocycles. The highest BCUT2D eigenvalue weighted by Gasteiger charge is 2.05. The summed E-state index contributed by atoms with van der Waals surface area (Å²) in [4.78, 5) is 10.7. The highest BCUT2D eigenvalue weighted by Crippen LogP contribution is 1.95. The number of hydrogen-bond donors (Lipinski definition) is 1. The Hall–Kier alpha value is -0.570. The van der Waals surface area contributed by atoms with E-state index in [9.17, 15) is 4.79 Å². The van der Waals surface area contributed by atoms with Crippen LogP contribution in [0.2, 0.25) is 0 Å². The fourth-order valence-electron chi connectivity index (χ4n) is 0.369. The Balaban J connectivity index is 0. The monoisotopic (exact) mass is 147 g/mol. The van der Waals surface area contributed by atoms with Gasteiger partial charge in [-0.25, -0.2) is 0 Å². The molecular formula is C7H17NO2. The van der Waals surface area contributed by atoms with Crippen LogP contribution in [0.15, 0.2) is 0 Å². The van der Waals surface area contributed by atoms with Crippen LogP contribution in [-0.2, 0) is 9.53 Å². The van der Waals surface area contributed by atoms with Crippen molar-refractivity contribution in [2.24, 2.45) is 5.92 Å². The fraction of sp³-hybridized carbons (Fsp3) is 0.857. The minimum atomic E-state index is -0.100. The summed E-state index contributed by atoms with van der Waals surface area (Å²) in [5.74, 6) is -0.0894. The van der Waals surface area contributed by atoms with E-state index in [4.69, 9.17) is 4.74 Å². The van der Waals surface area contributed by atoms with Crippen LogP contribution in [0.3, 0.4) is 0 Å². The van der Waals surface area contributed by atoms with Gasteiger partial charge < -0.3 is 10.9 Å². The molecule has 0 radical (unpaired) electrons. The van der Waals surface area contributed by atoms with E-state index in [1.807, 2.05) is 20.8 Å². The number of rotatable bonds is 3. The topological polar surface area (TPSA) is 61.3 Å². The first-order valence-corrected chi connectivity index (χ1v) is 3.35. The molecule has 0 amide bonds. The lowest BCUT2D eigenvalue weighted by molar-refractivity contribution is -0.147. The second-order valence-corrected chi connectivity index (χ2v) is 2.32. The van der Waals surface area contributed by atoms with Gasteiger partial charge in [0, 0.05) is 0 Å². The van der Waals surface area contributed by atoms with Gasteiger partial charge in [0.1, 0.15) is 0 Å². The number of esters is 1. The predicted octanol–water partition coefficient (Wildman–Crippen LogP) is 1.76. The molecule has 3 nitrogen and oxygen atoms in total. The average molecular weight is 147 g/mol. The highest BCUT2D eigenvalue weighted by molar-refractivity contribution is 5.71. The van der Waals surface area contributed by atoms with Crippen molar-refractivity contribution in [2.45, 2.75) is 27.2 Å². The first-order chi connectivity index (χ1) is 4.18. The second kappa shape index (κ2) is 6.55. The summed E-state index contributed by atoms with van der Waals surface area (Å²) < 4.78 is 4.81. The molecule has 10 heavy (non-hydrogen) atoms. The third-order valence-corrected chi connectivity index (χ3v) is 0.920. The smallest absolute Gasteiger partial charge is 0.308 e. The van der Waals surface area contributed by atoms with Crippen molar-refractivity contribution >= 4 is 5.97 Å². The molecule has 0 bridgehead atoms. The van der Waals surface area contributed by atoms with Crippen LogP contribution >= 0.6 is 0 Å². The first-order valence-electron chi connectivity index (χ1n) is 3.35. The van der Waals surface area contributed by atoms with Crippen molar-refractivity contribution < 1.29 is 9.53 Å². The molecular weight excluding hydrogens is 130 g/mol. The van der Waals surface area contributed by atoms with Gasteiger partial charge in [-0.3, -0.25) is 4.79 Å². The molecule has 0 unspecified atom stereocenters. The predicted molar refractivity (Wildman–Crippen MR) is 41.1 cm³/mol. The van der Waals surface area contributed by atoms with E-state index in [1.54, 1.807) is 0 Å². The molecule has 0 rings (SSSR count). The maximum atomic E-state index is 10.7. The van der Waals surface area contributed by atoms with Crippen molar-refractivity contribution in [1.82, 2.24) is 6.15 Å². The van der Waals surface area contributed by atoms with Crippen LogP contribution in [0.1, 0.15) is 27.2 Å². The third-order valence-electron chi connectivity index (χ3n) is 0.920. The molecule has 0 saturated heterocycles. The SMILES string of the molecule is CCCOC(=O)C(C)C.N. The van der Waals surface area contributed by atoms with Gasteiger partial charge in [-0.05, 0) is 6.42 Å². The fourth-order valence-corrected chi connectivity index (χ4v) is 0.369. The molecule has 0 aliphatic carbocycles. The minimum Gasteiger partial charge on any atom is -0.465 e. The Kier molecular flexibility index (Phi) is 7.95. The number of ether oxygens (including phenoxy) is 1. The normalized spacial score (nSPS) is 8.80. The van der Waals surface area contributed by atoms with Crippen LogP contribution in [0.25, 0.3) is 0 Å². The zero-order valence-electron chi connectivity index (χ0n) is 7.02. The number of carbonyl (C=O) groups is 1. The average Bonchev–Trinajstić information content (AvgIpc) is 1.82. The Morgan fingerprint density at radius 2 is 2.00 bits per heavy atom. The minimum absolute atomic E-state index is 0. The van der Waals surface area contributed by atoms with E-state index in [2.05, 4.69) is 0 Å². The van der Waals surface area contributed by atoms with Crippen LogP contribution in [-0.4, -0.2) is 12.6 Å². The Morgan fingerprint density at radius 1 is 1.50 bits per heavy atom. The van der Waals surface area contributed by atoms with Gasteiger partial charge in [0.05, 0.1) is 12.5 Å². The van der Waals surface area contributed by atoms with Crippen LogP contribution in [0.4, 0.5) is 0 Å². The lowest BCUT2D eigenvalue weighted by Crippen LogP contribution is -2.11.